The highest BCUT2D eigenvalue weighted by Crippen LogP contribution is 2.35. The molecular weight excluding hydrogens is 296 g/mol. The zero-order chi connectivity index (χ0) is 15.0. The molecule has 6 heteroatoms. The summed E-state index contributed by atoms with van der Waals surface area (Å²) in [6.45, 7) is 1.88. The molecule has 0 spiro atoms. The van der Waals surface area contributed by atoms with Crippen molar-refractivity contribution in [1.29, 1.82) is 0 Å². The van der Waals surface area contributed by atoms with Gasteiger partial charge in [-0.05, 0) is 48.9 Å². The van der Waals surface area contributed by atoms with Gasteiger partial charge in [0.15, 0.2) is 0 Å². The number of nitrogens with zero attached hydrogens (tertiary/aromatic N) is 1. The van der Waals surface area contributed by atoms with Crippen molar-refractivity contribution >= 4 is 15.5 Å². The number of sulfone groups is 1. The van der Waals surface area contributed by atoms with E-state index in [2.05, 4.69) is 17.1 Å². The molecule has 2 atom stereocenters. The molecular formula is C15H17F2NO2S. The van der Waals surface area contributed by atoms with Gasteiger partial charge in [0.2, 0.25) is 9.84 Å². The van der Waals surface area contributed by atoms with E-state index in [1.807, 2.05) is 0 Å². The topological polar surface area (TPSA) is 37.4 Å². The Bertz CT molecular complexity index is 624. The Morgan fingerprint density at radius 1 is 1.00 bits per heavy atom. The maximum Gasteiger partial charge on any atom is 0.341 e. The Kier molecular flexibility index (Phi) is 3.73. The van der Waals surface area contributed by atoms with Crippen LogP contribution in [0, 0.1) is 11.8 Å². The maximum absolute atomic E-state index is 12.5. The van der Waals surface area contributed by atoms with Crippen LogP contribution in [0.15, 0.2) is 41.3 Å². The Hall–Kier alpha value is -1.43. The molecule has 0 amide bonds. The predicted molar refractivity (Wildman–Crippen MR) is 77.2 cm³/mol. The van der Waals surface area contributed by atoms with Crippen molar-refractivity contribution in [3.05, 3.63) is 36.4 Å². The zero-order valence-electron chi connectivity index (χ0n) is 11.5. The second-order valence-electron chi connectivity index (χ2n) is 5.67. The zero-order valence-corrected chi connectivity index (χ0v) is 12.3. The Morgan fingerprint density at radius 2 is 1.52 bits per heavy atom. The molecule has 1 aromatic rings. The third-order valence-corrected chi connectivity index (χ3v) is 5.78. The van der Waals surface area contributed by atoms with E-state index in [4.69, 9.17) is 0 Å². The number of rotatable bonds is 3. The summed E-state index contributed by atoms with van der Waals surface area (Å²) >= 11 is 0. The summed E-state index contributed by atoms with van der Waals surface area (Å²) in [5, 5.41) is 0. The van der Waals surface area contributed by atoms with Gasteiger partial charge in [-0.1, -0.05) is 12.2 Å². The molecule has 1 fully saturated rings. The minimum Gasteiger partial charge on any atom is -0.371 e. The van der Waals surface area contributed by atoms with E-state index in [-0.39, 0.29) is 4.90 Å². The lowest BCUT2D eigenvalue weighted by Gasteiger charge is -2.18. The minimum atomic E-state index is -4.50. The number of benzene rings is 1. The van der Waals surface area contributed by atoms with Crippen LogP contribution in [-0.2, 0) is 9.84 Å². The van der Waals surface area contributed by atoms with Crippen LogP contribution in [0.3, 0.4) is 0 Å². The molecule has 114 valence electrons. The van der Waals surface area contributed by atoms with Crippen molar-refractivity contribution in [2.75, 3.05) is 18.0 Å². The average molecular weight is 313 g/mol. The van der Waals surface area contributed by atoms with Gasteiger partial charge in [-0.15, -0.1) is 0 Å². The molecule has 1 aliphatic carbocycles. The molecule has 0 N–H and O–H groups in total. The second kappa shape index (κ2) is 5.40. The van der Waals surface area contributed by atoms with Gasteiger partial charge < -0.3 is 4.90 Å². The van der Waals surface area contributed by atoms with Crippen LogP contribution >= 0.6 is 0 Å². The van der Waals surface area contributed by atoms with Crippen LogP contribution in [-0.4, -0.2) is 27.3 Å². The van der Waals surface area contributed by atoms with Gasteiger partial charge in [-0.3, -0.25) is 0 Å². The van der Waals surface area contributed by atoms with E-state index in [1.165, 1.54) is 12.1 Å². The van der Waals surface area contributed by atoms with Gasteiger partial charge in [0, 0.05) is 18.8 Å². The van der Waals surface area contributed by atoms with Crippen LogP contribution in [0.1, 0.15) is 12.8 Å². The summed E-state index contributed by atoms with van der Waals surface area (Å²) in [6, 6.07) is 5.80. The highest BCUT2D eigenvalue weighted by molar-refractivity contribution is 7.91. The maximum atomic E-state index is 12.5. The fourth-order valence-electron chi connectivity index (χ4n) is 3.18. The monoisotopic (exact) mass is 313 g/mol. The van der Waals surface area contributed by atoms with E-state index in [1.54, 1.807) is 12.1 Å². The van der Waals surface area contributed by atoms with Gasteiger partial charge in [0.05, 0.1) is 4.90 Å². The van der Waals surface area contributed by atoms with E-state index in [0.717, 1.165) is 31.6 Å². The molecule has 3 nitrogen and oxygen atoms in total. The van der Waals surface area contributed by atoms with E-state index >= 15 is 0 Å². The standard InChI is InChI=1S/C15H17F2NO2S/c16-15(17)21(19,20)14-7-5-13(6-8-14)18-9-11-3-1-2-4-12(11)10-18/h1-2,5-8,11-12,15H,3-4,9-10H2. The summed E-state index contributed by atoms with van der Waals surface area (Å²) in [5.74, 6) is -2.09. The molecule has 1 heterocycles. The van der Waals surface area contributed by atoms with Crippen LogP contribution in [0.5, 0.6) is 0 Å². The smallest absolute Gasteiger partial charge is 0.341 e. The summed E-state index contributed by atoms with van der Waals surface area (Å²) in [7, 11) is -4.50. The first-order valence-electron chi connectivity index (χ1n) is 7.00. The van der Waals surface area contributed by atoms with E-state index < -0.39 is 15.6 Å². The van der Waals surface area contributed by atoms with E-state index in [0.29, 0.717) is 11.8 Å². The predicted octanol–water partition coefficient (Wildman–Crippen LogP) is 3.09. The SMILES string of the molecule is O=S(=O)(c1ccc(N2CC3CC=CCC3C2)cc1)C(F)F. The number of anilines is 1. The molecule has 0 bridgehead atoms. The highest BCUT2D eigenvalue weighted by atomic mass is 32.2. The number of fused-ring (bicyclic) bond motifs is 1. The molecule has 3 rings (SSSR count). The summed E-state index contributed by atoms with van der Waals surface area (Å²) < 4.78 is 47.8. The lowest BCUT2D eigenvalue weighted by Crippen LogP contribution is -2.20. The lowest BCUT2D eigenvalue weighted by molar-refractivity contribution is 0.234. The Labute approximate surface area is 123 Å². The molecule has 21 heavy (non-hydrogen) atoms. The Morgan fingerprint density at radius 3 is 2.00 bits per heavy atom. The van der Waals surface area contributed by atoms with Crippen LogP contribution in [0.2, 0.25) is 0 Å². The molecule has 0 radical (unpaired) electrons. The van der Waals surface area contributed by atoms with Crippen molar-refractivity contribution in [1.82, 2.24) is 0 Å². The van der Waals surface area contributed by atoms with Gasteiger partial charge >= 0.3 is 5.76 Å². The molecule has 0 aromatic heterocycles. The van der Waals surface area contributed by atoms with Crippen molar-refractivity contribution in [2.24, 2.45) is 11.8 Å². The lowest BCUT2D eigenvalue weighted by atomic mass is 9.86. The average Bonchev–Trinajstić information content (AvgIpc) is 2.91. The largest absolute Gasteiger partial charge is 0.371 e. The number of allylic oxidation sites excluding steroid dienone is 2. The van der Waals surface area contributed by atoms with Gasteiger partial charge in [0.1, 0.15) is 0 Å². The third-order valence-electron chi connectivity index (χ3n) is 4.39. The van der Waals surface area contributed by atoms with Crippen LogP contribution in [0.25, 0.3) is 0 Å². The molecule has 1 saturated heterocycles. The quantitative estimate of drug-likeness (QED) is 0.805. The number of halogens is 2. The first-order chi connectivity index (χ1) is 9.98. The molecule has 1 aromatic carbocycles. The fraction of sp³-hybridized carbons (Fsp3) is 0.467. The highest BCUT2D eigenvalue weighted by Gasteiger charge is 2.33. The normalized spacial score (nSPS) is 25.4. The van der Waals surface area contributed by atoms with Gasteiger partial charge in [-0.2, -0.15) is 8.78 Å². The summed E-state index contributed by atoms with van der Waals surface area (Å²) in [4.78, 5) is 1.89. The van der Waals surface area contributed by atoms with Crippen molar-refractivity contribution in [3.63, 3.8) is 0 Å². The first-order valence-corrected chi connectivity index (χ1v) is 8.55. The summed E-state index contributed by atoms with van der Waals surface area (Å²) in [5.41, 5.74) is 0.901. The van der Waals surface area contributed by atoms with Gasteiger partial charge in [0.25, 0.3) is 0 Å². The molecule has 2 unspecified atom stereocenters. The minimum absolute atomic E-state index is 0.320. The first kappa shape index (κ1) is 14.5. The second-order valence-corrected chi connectivity index (χ2v) is 7.59. The molecule has 0 saturated carbocycles. The fourth-order valence-corrected chi connectivity index (χ4v) is 3.90. The number of alkyl halides is 2. The van der Waals surface area contributed by atoms with E-state index in [9.17, 15) is 17.2 Å². The van der Waals surface area contributed by atoms with Crippen LogP contribution in [0.4, 0.5) is 14.5 Å². The Balaban J connectivity index is 1.77. The van der Waals surface area contributed by atoms with Crippen molar-refractivity contribution in [3.8, 4) is 0 Å². The molecule has 1 aliphatic heterocycles. The van der Waals surface area contributed by atoms with Crippen LogP contribution < -0.4 is 4.90 Å². The van der Waals surface area contributed by atoms with Crippen molar-refractivity contribution < 1.29 is 17.2 Å². The van der Waals surface area contributed by atoms with Gasteiger partial charge in [-0.25, -0.2) is 8.42 Å². The summed E-state index contributed by atoms with van der Waals surface area (Å²) in [6.07, 6.45) is 6.59. The number of hydrogen-bond donors (Lipinski definition) is 0. The molecule has 2 aliphatic rings. The number of hydrogen-bond acceptors (Lipinski definition) is 3. The van der Waals surface area contributed by atoms with Crippen molar-refractivity contribution in [2.45, 2.75) is 23.5 Å². The third kappa shape index (κ3) is 2.69.